The molecule has 1 aliphatic rings. The molecule has 1 amide bonds. The van der Waals surface area contributed by atoms with E-state index in [1.54, 1.807) is 6.07 Å². The highest BCUT2D eigenvalue weighted by molar-refractivity contribution is 5.95. The lowest BCUT2D eigenvalue weighted by atomic mass is 10.0. The van der Waals surface area contributed by atoms with Gasteiger partial charge >= 0.3 is 0 Å². The highest BCUT2D eigenvalue weighted by Gasteiger charge is 2.15. The summed E-state index contributed by atoms with van der Waals surface area (Å²) >= 11 is 0. The van der Waals surface area contributed by atoms with Crippen LogP contribution in [0.25, 0.3) is 0 Å². The molecule has 1 aliphatic heterocycles. The molecule has 0 unspecified atom stereocenters. The number of hydrogen-bond donors (Lipinski definition) is 3. The summed E-state index contributed by atoms with van der Waals surface area (Å²) in [5.74, 6) is 0.872. The summed E-state index contributed by atoms with van der Waals surface area (Å²) < 4.78 is 5.80. The van der Waals surface area contributed by atoms with Crippen LogP contribution in [-0.4, -0.2) is 11.7 Å². The first kappa shape index (κ1) is 16.8. The largest absolute Gasteiger partial charge is 0.489 e. The first-order valence-corrected chi connectivity index (χ1v) is 7.11. The Bertz CT molecular complexity index is 746. The standard InChI is InChI=1S/C17H17N3O2.ClH/c18-17(19)13-3-1-2-11(8-13)10-22-14-5-6-15-12(9-14)4-7-16(21)20-15;/h1-3,5-6,8-9H,4,7,10H2,(H3,18,19)(H,20,21);1H. The Labute approximate surface area is 140 Å². The maximum Gasteiger partial charge on any atom is 0.224 e. The molecule has 120 valence electrons. The van der Waals surface area contributed by atoms with Gasteiger partial charge in [0.1, 0.15) is 18.2 Å². The molecule has 4 N–H and O–H groups in total. The molecular weight excluding hydrogens is 314 g/mol. The molecule has 5 nitrogen and oxygen atoms in total. The van der Waals surface area contributed by atoms with Crippen molar-refractivity contribution in [2.24, 2.45) is 5.73 Å². The molecule has 0 aromatic heterocycles. The fourth-order valence-electron chi connectivity index (χ4n) is 2.44. The maximum absolute atomic E-state index is 11.3. The number of hydrogen-bond acceptors (Lipinski definition) is 3. The predicted octanol–water partition coefficient (Wildman–Crippen LogP) is 2.86. The van der Waals surface area contributed by atoms with Crippen LogP contribution in [0.15, 0.2) is 42.5 Å². The van der Waals surface area contributed by atoms with Gasteiger partial charge in [-0.2, -0.15) is 0 Å². The predicted molar refractivity (Wildman–Crippen MR) is 92.4 cm³/mol. The number of benzene rings is 2. The molecule has 0 bridgehead atoms. The number of halogens is 1. The minimum absolute atomic E-state index is 0. The van der Waals surface area contributed by atoms with Crippen molar-refractivity contribution >= 4 is 29.8 Å². The first-order valence-electron chi connectivity index (χ1n) is 7.11. The second-order valence-corrected chi connectivity index (χ2v) is 5.27. The van der Waals surface area contributed by atoms with E-state index in [0.717, 1.165) is 29.0 Å². The Hall–Kier alpha value is -2.53. The van der Waals surface area contributed by atoms with E-state index in [2.05, 4.69) is 5.32 Å². The Morgan fingerprint density at radius 3 is 2.83 bits per heavy atom. The van der Waals surface area contributed by atoms with Crippen LogP contribution in [0.2, 0.25) is 0 Å². The van der Waals surface area contributed by atoms with E-state index in [0.29, 0.717) is 18.6 Å². The summed E-state index contributed by atoms with van der Waals surface area (Å²) in [6.45, 7) is 0.409. The molecule has 3 rings (SSSR count). The number of ether oxygens (including phenoxy) is 1. The highest BCUT2D eigenvalue weighted by Crippen LogP contribution is 2.27. The van der Waals surface area contributed by atoms with Crippen molar-refractivity contribution in [2.75, 3.05) is 5.32 Å². The number of aryl methyl sites for hydroxylation is 1. The average Bonchev–Trinajstić information content (AvgIpc) is 2.53. The van der Waals surface area contributed by atoms with E-state index < -0.39 is 0 Å². The molecule has 23 heavy (non-hydrogen) atoms. The van der Waals surface area contributed by atoms with Gasteiger partial charge < -0.3 is 15.8 Å². The number of carbonyl (C=O) groups is 1. The number of carbonyl (C=O) groups excluding carboxylic acids is 1. The minimum atomic E-state index is 0. The molecule has 0 spiro atoms. The molecule has 2 aromatic carbocycles. The van der Waals surface area contributed by atoms with E-state index in [-0.39, 0.29) is 24.1 Å². The summed E-state index contributed by atoms with van der Waals surface area (Å²) in [7, 11) is 0. The summed E-state index contributed by atoms with van der Waals surface area (Å²) in [6.07, 6.45) is 1.25. The molecule has 1 heterocycles. The number of nitrogens with two attached hydrogens (primary N) is 1. The van der Waals surface area contributed by atoms with Crippen molar-refractivity contribution in [3.05, 3.63) is 59.2 Å². The Morgan fingerprint density at radius 1 is 1.22 bits per heavy atom. The summed E-state index contributed by atoms with van der Waals surface area (Å²) in [5.41, 5.74) is 9.09. The van der Waals surface area contributed by atoms with Gasteiger partial charge in [0.15, 0.2) is 0 Å². The van der Waals surface area contributed by atoms with Crippen molar-refractivity contribution in [3.63, 3.8) is 0 Å². The molecule has 0 aliphatic carbocycles. The SMILES string of the molecule is Cl.N=C(N)c1cccc(COc2ccc3c(c2)CCC(=O)N3)c1. The fourth-order valence-corrected chi connectivity index (χ4v) is 2.44. The maximum atomic E-state index is 11.3. The van der Waals surface area contributed by atoms with Gasteiger partial charge in [-0.3, -0.25) is 10.2 Å². The molecule has 2 aromatic rings. The second kappa shape index (κ2) is 7.15. The molecule has 0 atom stereocenters. The number of amides is 1. The Kier molecular flexibility index (Phi) is 5.24. The molecule has 0 fully saturated rings. The molecular formula is C17H18ClN3O2. The van der Waals surface area contributed by atoms with Gasteiger partial charge in [-0.25, -0.2) is 0 Å². The molecule has 0 radical (unpaired) electrons. The number of anilines is 1. The van der Waals surface area contributed by atoms with Crippen molar-refractivity contribution in [2.45, 2.75) is 19.4 Å². The molecule has 0 saturated carbocycles. The van der Waals surface area contributed by atoms with E-state index in [1.807, 2.05) is 36.4 Å². The van der Waals surface area contributed by atoms with Crippen molar-refractivity contribution in [1.82, 2.24) is 0 Å². The van der Waals surface area contributed by atoms with E-state index in [1.165, 1.54) is 0 Å². The smallest absolute Gasteiger partial charge is 0.224 e. The van der Waals surface area contributed by atoms with Crippen molar-refractivity contribution in [3.8, 4) is 5.75 Å². The zero-order chi connectivity index (χ0) is 15.5. The lowest BCUT2D eigenvalue weighted by Crippen LogP contribution is -2.18. The van der Waals surface area contributed by atoms with Gasteiger partial charge in [0.25, 0.3) is 0 Å². The van der Waals surface area contributed by atoms with Crippen LogP contribution >= 0.6 is 12.4 Å². The van der Waals surface area contributed by atoms with Gasteiger partial charge in [0, 0.05) is 17.7 Å². The van der Waals surface area contributed by atoms with Crippen LogP contribution in [-0.2, 0) is 17.8 Å². The van der Waals surface area contributed by atoms with Crippen LogP contribution in [0, 0.1) is 5.41 Å². The highest BCUT2D eigenvalue weighted by atomic mass is 35.5. The Morgan fingerprint density at radius 2 is 2.04 bits per heavy atom. The molecule has 6 heteroatoms. The number of amidine groups is 1. The number of nitrogen functional groups attached to an aromatic ring is 1. The lowest BCUT2D eigenvalue weighted by Gasteiger charge is -2.17. The van der Waals surface area contributed by atoms with E-state index >= 15 is 0 Å². The van der Waals surface area contributed by atoms with Gasteiger partial charge in [-0.1, -0.05) is 18.2 Å². The monoisotopic (exact) mass is 331 g/mol. The minimum Gasteiger partial charge on any atom is -0.489 e. The van der Waals surface area contributed by atoms with Crippen molar-refractivity contribution < 1.29 is 9.53 Å². The van der Waals surface area contributed by atoms with Gasteiger partial charge in [0.2, 0.25) is 5.91 Å². The fraction of sp³-hybridized carbons (Fsp3) is 0.176. The van der Waals surface area contributed by atoms with Crippen LogP contribution in [0.5, 0.6) is 5.75 Å². The first-order chi connectivity index (χ1) is 10.6. The van der Waals surface area contributed by atoms with Crippen LogP contribution in [0.1, 0.15) is 23.1 Å². The average molecular weight is 332 g/mol. The van der Waals surface area contributed by atoms with Gasteiger partial charge in [-0.15, -0.1) is 12.4 Å². The quantitative estimate of drug-likeness (QED) is 0.594. The Balaban J connectivity index is 0.00000192. The van der Waals surface area contributed by atoms with E-state index in [4.69, 9.17) is 15.9 Å². The second-order valence-electron chi connectivity index (χ2n) is 5.27. The summed E-state index contributed by atoms with van der Waals surface area (Å²) in [6, 6.07) is 13.1. The van der Waals surface area contributed by atoms with E-state index in [9.17, 15) is 4.79 Å². The lowest BCUT2D eigenvalue weighted by molar-refractivity contribution is -0.116. The van der Waals surface area contributed by atoms with Crippen LogP contribution in [0.4, 0.5) is 5.69 Å². The normalized spacial score (nSPS) is 12.6. The summed E-state index contributed by atoms with van der Waals surface area (Å²) in [5, 5.41) is 10.3. The third kappa shape index (κ3) is 4.02. The third-order valence-electron chi connectivity index (χ3n) is 3.62. The van der Waals surface area contributed by atoms with Gasteiger partial charge in [-0.05, 0) is 41.8 Å². The zero-order valence-corrected chi connectivity index (χ0v) is 13.3. The summed E-state index contributed by atoms with van der Waals surface area (Å²) in [4.78, 5) is 11.3. The topological polar surface area (TPSA) is 88.2 Å². The van der Waals surface area contributed by atoms with Crippen LogP contribution < -0.4 is 15.8 Å². The number of rotatable bonds is 4. The van der Waals surface area contributed by atoms with Crippen molar-refractivity contribution in [1.29, 1.82) is 5.41 Å². The van der Waals surface area contributed by atoms with Gasteiger partial charge in [0.05, 0.1) is 0 Å². The third-order valence-corrected chi connectivity index (χ3v) is 3.62. The number of fused-ring (bicyclic) bond motifs is 1. The zero-order valence-electron chi connectivity index (χ0n) is 12.5. The number of nitrogens with one attached hydrogen (secondary N) is 2. The van der Waals surface area contributed by atoms with Crippen LogP contribution in [0.3, 0.4) is 0 Å². The molecule has 0 saturated heterocycles.